The Morgan fingerprint density at radius 2 is 2.12 bits per heavy atom. The first-order valence-electron chi connectivity index (χ1n) is 8.14. The van der Waals surface area contributed by atoms with Crippen LogP contribution in [0.25, 0.3) is 0 Å². The van der Waals surface area contributed by atoms with Gasteiger partial charge in [0.05, 0.1) is 0 Å². The van der Waals surface area contributed by atoms with E-state index in [9.17, 15) is 14.4 Å². The standard InChI is InChI=1S/C17H23N3O5/c1-11-8-13(25-10-16(22)20-17(18)23)3-4-14(11)19-15(21)5-2-12-6-7-24-9-12/h3-4,8,12H,2,5-7,9-10H2,1H3,(H,19,21)(H3,18,20,22,23)/t12-/m1/s1. The molecule has 4 N–H and O–H groups in total. The van der Waals surface area contributed by atoms with Crippen molar-refractivity contribution in [1.82, 2.24) is 5.32 Å². The van der Waals surface area contributed by atoms with Gasteiger partial charge in [0.2, 0.25) is 5.91 Å². The van der Waals surface area contributed by atoms with E-state index in [1.807, 2.05) is 12.2 Å². The Hall–Kier alpha value is -2.61. The summed E-state index contributed by atoms with van der Waals surface area (Å²) in [6.45, 7) is 3.03. The number of hydrogen-bond donors (Lipinski definition) is 3. The van der Waals surface area contributed by atoms with E-state index in [-0.39, 0.29) is 12.5 Å². The Bertz CT molecular complexity index is 641. The molecule has 0 unspecified atom stereocenters. The van der Waals surface area contributed by atoms with Crippen molar-refractivity contribution in [3.05, 3.63) is 23.8 Å². The van der Waals surface area contributed by atoms with Gasteiger partial charge in [-0.3, -0.25) is 14.9 Å². The molecule has 136 valence electrons. The highest BCUT2D eigenvalue weighted by Crippen LogP contribution is 2.23. The summed E-state index contributed by atoms with van der Waals surface area (Å²) in [6.07, 6.45) is 2.29. The number of carbonyl (C=O) groups excluding carboxylic acids is 3. The summed E-state index contributed by atoms with van der Waals surface area (Å²) in [4.78, 5) is 33.9. The van der Waals surface area contributed by atoms with Crippen LogP contribution in [0.3, 0.4) is 0 Å². The molecule has 0 spiro atoms. The molecule has 1 aliphatic heterocycles. The molecule has 0 bridgehead atoms. The van der Waals surface area contributed by atoms with Crippen molar-refractivity contribution in [3.8, 4) is 5.75 Å². The normalized spacial score (nSPS) is 16.3. The fourth-order valence-corrected chi connectivity index (χ4v) is 2.55. The van der Waals surface area contributed by atoms with Crippen LogP contribution in [0.15, 0.2) is 18.2 Å². The molecule has 0 radical (unpaired) electrons. The van der Waals surface area contributed by atoms with Gasteiger partial charge in [-0.05, 0) is 49.4 Å². The first-order chi connectivity index (χ1) is 11.9. The van der Waals surface area contributed by atoms with Gasteiger partial charge in [0, 0.05) is 25.3 Å². The summed E-state index contributed by atoms with van der Waals surface area (Å²) < 4.78 is 10.6. The molecular formula is C17H23N3O5. The molecule has 1 fully saturated rings. The zero-order valence-corrected chi connectivity index (χ0v) is 14.2. The van der Waals surface area contributed by atoms with Crippen molar-refractivity contribution in [2.45, 2.75) is 26.2 Å². The van der Waals surface area contributed by atoms with Crippen molar-refractivity contribution in [1.29, 1.82) is 0 Å². The lowest BCUT2D eigenvalue weighted by Crippen LogP contribution is -2.38. The number of amides is 4. The Balaban J connectivity index is 1.80. The minimum Gasteiger partial charge on any atom is -0.484 e. The topological polar surface area (TPSA) is 120 Å². The molecule has 0 aliphatic carbocycles. The molecule has 1 atom stereocenters. The van der Waals surface area contributed by atoms with Crippen LogP contribution in [0.4, 0.5) is 10.5 Å². The molecule has 8 heteroatoms. The maximum absolute atomic E-state index is 12.0. The number of aryl methyl sites for hydroxylation is 1. The summed E-state index contributed by atoms with van der Waals surface area (Å²) in [7, 11) is 0. The van der Waals surface area contributed by atoms with Crippen LogP contribution in [-0.4, -0.2) is 37.7 Å². The third-order valence-corrected chi connectivity index (χ3v) is 3.91. The highest BCUT2D eigenvalue weighted by molar-refractivity contribution is 5.94. The number of hydrogen-bond acceptors (Lipinski definition) is 5. The Morgan fingerprint density at radius 1 is 1.32 bits per heavy atom. The summed E-state index contributed by atoms with van der Waals surface area (Å²) in [5.41, 5.74) is 6.35. The van der Waals surface area contributed by atoms with E-state index < -0.39 is 11.9 Å². The van der Waals surface area contributed by atoms with Gasteiger partial charge in [0.25, 0.3) is 5.91 Å². The predicted molar refractivity (Wildman–Crippen MR) is 91.2 cm³/mol. The fourth-order valence-electron chi connectivity index (χ4n) is 2.55. The largest absolute Gasteiger partial charge is 0.484 e. The second kappa shape index (κ2) is 9.03. The van der Waals surface area contributed by atoms with Crippen LogP contribution < -0.4 is 21.1 Å². The van der Waals surface area contributed by atoms with E-state index in [0.717, 1.165) is 31.6 Å². The summed E-state index contributed by atoms with van der Waals surface area (Å²) in [5, 5.41) is 4.79. The Kier molecular flexibility index (Phi) is 6.76. The van der Waals surface area contributed by atoms with Crippen molar-refractivity contribution in [2.75, 3.05) is 25.1 Å². The second-order valence-corrected chi connectivity index (χ2v) is 5.99. The second-order valence-electron chi connectivity index (χ2n) is 5.99. The number of benzene rings is 1. The summed E-state index contributed by atoms with van der Waals surface area (Å²) in [6, 6.07) is 4.14. The van der Waals surface area contributed by atoms with Crippen molar-refractivity contribution >= 4 is 23.5 Å². The molecule has 2 rings (SSSR count). The Morgan fingerprint density at radius 3 is 2.76 bits per heavy atom. The third-order valence-electron chi connectivity index (χ3n) is 3.91. The van der Waals surface area contributed by atoms with Gasteiger partial charge >= 0.3 is 6.03 Å². The number of ether oxygens (including phenoxy) is 2. The van der Waals surface area contributed by atoms with Crippen LogP contribution in [0.2, 0.25) is 0 Å². The number of primary amides is 1. The monoisotopic (exact) mass is 349 g/mol. The molecule has 1 aromatic rings. The maximum atomic E-state index is 12.0. The van der Waals surface area contributed by atoms with Gasteiger partial charge in [-0.2, -0.15) is 0 Å². The number of nitrogens with one attached hydrogen (secondary N) is 2. The van der Waals surface area contributed by atoms with Crippen molar-refractivity contribution in [3.63, 3.8) is 0 Å². The molecule has 0 aromatic heterocycles. The minimum atomic E-state index is -0.924. The molecular weight excluding hydrogens is 326 g/mol. The first kappa shape index (κ1) is 18.7. The van der Waals surface area contributed by atoms with Gasteiger partial charge in [-0.15, -0.1) is 0 Å². The van der Waals surface area contributed by atoms with Crippen LogP contribution in [0.1, 0.15) is 24.8 Å². The fraction of sp³-hybridized carbons (Fsp3) is 0.471. The summed E-state index contributed by atoms with van der Waals surface area (Å²) >= 11 is 0. The zero-order chi connectivity index (χ0) is 18.2. The van der Waals surface area contributed by atoms with E-state index in [1.54, 1.807) is 18.2 Å². The van der Waals surface area contributed by atoms with Gasteiger partial charge in [-0.1, -0.05) is 0 Å². The first-order valence-corrected chi connectivity index (χ1v) is 8.14. The SMILES string of the molecule is Cc1cc(OCC(=O)NC(N)=O)ccc1NC(=O)CC[C@@H]1CCOC1. The highest BCUT2D eigenvalue weighted by Gasteiger charge is 2.17. The lowest BCUT2D eigenvalue weighted by molar-refractivity contribution is -0.122. The lowest BCUT2D eigenvalue weighted by Gasteiger charge is -2.12. The summed E-state index contributed by atoms with van der Waals surface area (Å²) in [5.74, 6) is 0.260. The molecule has 1 heterocycles. The zero-order valence-electron chi connectivity index (χ0n) is 14.2. The van der Waals surface area contributed by atoms with Gasteiger partial charge < -0.3 is 20.5 Å². The number of rotatable bonds is 7. The molecule has 0 saturated carbocycles. The number of anilines is 1. The van der Waals surface area contributed by atoms with Crippen LogP contribution in [0.5, 0.6) is 5.75 Å². The van der Waals surface area contributed by atoms with Crippen LogP contribution in [0, 0.1) is 12.8 Å². The Labute approximate surface area is 146 Å². The van der Waals surface area contributed by atoms with Gasteiger partial charge in [-0.25, -0.2) is 4.79 Å². The van der Waals surface area contributed by atoms with Gasteiger partial charge in [0.15, 0.2) is 6.61 Å². The van der Waals surface area contributed by atoms with Crippen molar-refractivity contribution < 1.29 is 23.9 Å². The average molecular weight is 349 g/mol. The van der Waals surface area contributed by atoms with E-state index in [1.165, 1.54) is 0 Å². The van der Waals surface area contributed by atoms with E-state index in [2.05, 4.69) is 5.32 Å². The highest BCUT2D eigenvalue weighted by atomic mass is 16.5. The quantitative estimate of drug-likeness (QED) is 0.686. The maximum Gasteiger partial charge on any atom is 0.318 e. The van der Waals surface area contributed by atoms with E-state index >= 15 is 0 Å². The number of carbonyl (C=O) groups is 3. The number of nitrogens with two attached hydrogens (primary N) is 1. The van der Waals surface area contributed by atoms with E-state index in [0.29, 0.717) is 23.8 Å². The third kappa shape index (κ3) is 6.42. The van der Waals surface area contributed by atoms with Crippen LogP contribution >= 0.6 is 0 Å². The van der Waals surface area contributed by atoms with Crippen LogP contribution in [-0.2, 0) is 14.3 Å². The molecule has 8 nitrogen and oxygen atoms in total. The minimum absolute atomic E-state index is 0.0375. The molecule has 4 amide bonds. The number of urea groups is 1. The lowest BCUT2D eigenvalue weighted by atomic mass is 10.0. The van der Waals surface area contributed by atoms with E-state index in [4.69, 9.17) is 15.2 Å². The number of imide groups is 1. The molecule has 1 aromatic carbocycles. The van der Waals surface area contributed by atoms with Gasteiger partial charge in [0.1, 0.15) is 5.75 Å². The molecule has 1 saturated heterocycles. The predicted octanol–water partition coefficient (Wildman–Crippen LogP) is 1.32. The molecule has 1 aliphatic rings. The van der Waals surface area contributed by atoms with Crippen molar-refractivity contribution in [2.24, 2.45) is 11.7 Å². The average Bonchev–Trinajstić information content (AvgIpc) is 3.06. The molecule has 25 heavy (non-hydrogen) atoms. The smallest absolute Gasteiger partial charge is 0.318 e.